The molecule has 4 heterocycles. The summed E-state index contributed by atoms with van der Waals surface area (Å²) in [5, 5.41) is 11.5. The van der Waals surface area contributed by atoms with E-state index < -0.39 is 6.10 Å². The Labute approximate surface area is 283 Å². The van der Waals surface area contributed by atoms with Gasteiger partial charge in [-0.2, -0.15) is 0 Å². The molecule has 1 aromatic carbocycles. The number of rotatable bonds is 2. The molecule has 6 nitrogen and oxygen atoms in total. The van der Waals surface area contributed by atoms with Gasteiger partial charge in [0.1, 0.15) is 6.10 Å². The van der Waals surface area contributed by atoms with Gasteiger partial charge in [-0.3, -0.25) is 4.79 Å². The Balaban J connectivity index is 1.46. The topological polar surface area (TPSA) is 76.1 Å². The molecule has 0 saturated carbocycles. The Hall–Kier alpha value is -2.48. The van der Waals surface area contributed by atoms with Crippen LogP contribution in [0.5, 0.6) is 0 Å². The third kappa shape index (κ3) is 6.36. The van der Waals surface area contributed by atoms with E-state index in [0.29, 0.717) is 23.5 Å². The molecule has 1 spiro atoms. The van der Waals surface area contributed by atoms with Crippen LogP contribution in [0.3, 0.4) is 0 Å². The SMILES string of the molecule is CC1=C[C@@H](C2=C(C)[C@@H]3/C=C(\C)[C@@H](O)CC[C@@H]4C[C@@H](C)[C@@H](O4)/C(C)=C/CC[C@@H]4N(C(=O)c5ccc(Br)cc5)CCC[C@@]43CC2)OC1=O. The fourth-order valence-corrected chi connectivity index (χ4v) is 9.50. The quantitative estimate of drug-likeness (QED) is 0.250. The van der Waals surface area contributed by atoms with E-state index in [1.807, 2.05) is 37.3 Å². The first-order valence-corrected chi connectivity index (χ1v) is 18.1. The summed E-state index contributed by atoms with van der Waals surface area (Å²) in [5.74, 6) is 0.286. The fraction of sp³-hybridized carbons (Fsp3) is 0.590. The van der Waals surface area contributed by atoms with Crippen LogP contribution in [0.4, 0.5) is 0 Å². The normalized spacial score (nSPS) is 37.9. The third-order valence-corrected chi connectivity index (χ3v) is 12.3. The summed E-state index contributed by atoms with van der Waals surface area (Å²) >= 11 is 3.53. The molecule has 7 heteroatoms. The second kappa shape index (κ2) is 13.6. The van der Waals surface area contributed by atoms with Crippen molar-refractivity contribution in [3.8, 4) is 0 Å². The minimum atomic E-state index is -0.566. The molecule has 6 rings (SSSR count). The zero-order chi connectivity index (χ0) is 32.7. The molecule has 2 bridgehead atoms. The second-order valence-electron chi connectivity index (χ2n) is 14.6. The van der Waals surface area contributed by atoms with Gasteiger partial charge in [0.25, 0.3) is 5.91 Å². The summed E-state index contributed by atoms with van der Waals surface area (Å²) in [7, 11) is 0. The van der Waals surface area contributed by atoms with Crippen molar-refractivity contribution < 1.29 is 24.2 Å². The highest BCUT2D eigenvalue weighted by atomic mass is 79.9. The van der Waals surface area contributed by atoms with Crippen LogP contribution in [0.2, 0.25) is 0 Å². The van der Waals surface area contributed by atoms with Gasteiger partial charge in [0, 0.05) is 39.5 Å². The van der Waals surface area contributed by atoms with E-state index in [1.165, 1.54) is 16.7 Å². The van der Waals surface area contributed by atoms with Gasteiger partial charge in [0.2, 0.25) is 0 Å². The van der Waals surface area contributed by atoms with Gasteiger partial charge in [-0.15, -0.1) is 0 Å². The number of ether oxygens (including phenoxy) is 2. The Morgan fingerprint density at radius 3 is 2.50 bits per heavy atom. The van der Waals surface area contributed by atoms with Gasteiger partial charge in [-0.1, -0.05) is 40.6 Å². The number of allylic oxidation sites excluding steroid dienone is 3. The van der Waals surface area contributed by atoms with Gasteiger partial charge in [0.05, 0.1) is 18.3 Å². The lowest BCUT2D eigenvalue weighted by Crippen LogP contribution is -2.58. The van der Waals surface area contributed by atoms with Gasteiger partial charge < -0.3 is 19.5 Å². The predicted molar refractivity (Wildman–Crippen MR) is 184 cm³/mol. The number of amides is 1. The molecule has 1 amide bonds. The van der Waals surface area contributed by atoms with Crippen molar-refractivity contribution in [2.24, 2.45) is 17.3 Å². The lowest BCUT2D eigenvalue weighted by atomic mass is 9.55. The minimum absolute atomic E-state index is 0.00680. The van der Waals surface area contributed by atoms with Gasteiger partial charge in [-0.25, -0.2) is 4.79 Å². The van der Waals surface area contributed by atoms with Crippen LogP contribution in [0.25, 0.3) is 0 Å². The van der Waals surface area contributed by atoms with E-state index in [9.17, 15) is 14.7 Å². The first-order valence-electron chi connectivity index (χ1n) is 17.3. The number of aliphatic hydroxyl groups excluding tert-OH is 1. The highest BCUT2D eigenvalue weighted by Gasteiger charge is 2.53. The monoisotopic (exact) mass is 691 g/mol. The molecule has 248 valence electrons. The van der Waals surface area contributed by atoms with Crippen molar-refractivity contribution in [1.82, 2.24) is 4.90 Å². The summed E-state index contributed by atoms with van der Waals surface area (Å²) < 4.78 is 13.4. The maximum atomic E-state index is 14.4. The van der Waals surface area contributed by atoms with E-state index in [-0.39, 0.29) is 47.6 Å². The number of benzene rings is 1. The molecular formula is C39H50BrNO5. The lowest BCUT2D eigenvalue weighted by Gasteiger charge is -2.56. The van der Waals surface area contributed by atoms with E-state index >= 15 is 0 Å². The Bertz CT molecular complexity index is 1470. The number of esters is 1. The third-order valence-electron chi connectivity index (χ3n) is 11.7. The van der Waals surface area contributed by atoms with Gasteiger partial charge in [-0.05, 0) is 138 Å². The Morgan fingerprint density at radius 1 is 1.02 bits per heavy atom. The highest BCUT2D eigenvalue weighted by Crippen LogP contribution is 2.56. The van der Waals surface area contributed by atoms with E-state index in [2.05, 4.69) is 60.7 Å². The number of aliphatic hydroxyl groups is 1. The van der Waals surface area contributed by atoms with Crippen molar-refractivity contribution in [3.05, 3.63) is 80.4 Å². The molecule has 8 atom stereocenters. The number of hydrogen-bond acceptors (Lipinski definition) is 5. The number of halogens is 1. The molecule has 1 aliphatic carbocycles. The molecule has 2 saturated heterocycles. The van der Waals surface area contributed by atoms with Crippen LogP contribution in [-0.2, 0) is 14.3 Å². The smallest absolute Gasteiger partial charge is 0.334 e. The fourth-order valence-electron chi connectivity index (χ4n) is 9.24. The summed E-state index contributed by atoms with van der Waals surface area (Å²) in [6.07, 6.45) is 13.8. The van der Waals surface area contributed by atoms with Crippen LogP contribution in [0.1, 0.15) is 103 Å². The van der Waals surface area contributed by atoms with E-state index in [1.54, 1.807) is 0 Å². The highest BCUT2D eigenvalue weighted by molar-refractivity contribution is 9.10. The maximum absolute atomic E-state index is 14.4. The predicted octanol–water partition coefficient (Wildman–Crippen LogP) is 8.26. The molecule has 0 aromatic heterocycles. The van der Waals surface area contributed by atoms with Crippen molar-refractivity contribution in [3.63, 3.8) is 0 Å². The van der Waals surface area contributed by atoms with Gasteiger partial charge in [0.15, 0.2) is 0 Å². The van der Waals surface area contributed by atoms with Crippen molar-refractivity contribution >= 4 is 27.8 Å². The molecule has 1 N–H and O–H groups in total. The first-order chi connectivity index (χ1) is 22.0. The summed E-state index contributed by atoms with van der Waals surface area (Å²) in [6.45, 7) is 11.3. The number of nitrogens with zero attached hydrogens (tertiary/aromatic N) is 1. The van der Waals surface area contributed by atoms with Gasteiger partial charge >= 0.3 is 5.97 Å². The average molecular weight is 693 g/mol. The van der Waals surface area contributed by atoms with Crippen LogP contribution >= 0.6 is 15.9 Å². The van der Waals surface area contributed by atoms with Crippen molar-refractivity contribution in [2.75, 3.05) is 6.54 Å². The van der Waals surface area contributed by atoms with E-state index in [0.717, 1.165) is 68.0 Å². The zero-order valence-corrected chi connectivity index (χ0v) is 29.6. The molecule has 1 aromatic rings. The number of cyclic esters (lactones) is 1. The minimum Gasteiger partial charge on any atom is -0.450 e. The molecule has 46 heavy (non-hydrogen) atoms. The summed E-state index contributed by atoms with van der Waals surface area (Å²) in [5.41, 5.74) is 5.80. The second-order valence-corrected chi connectivity index (χ2v) is 15.6. The molecule has 0 unspecified atom stereocenters. The lowest BCUT2D eigenvalue weighted by molar-refractivity contribution is -0.138. The van der Waals surface area contributed by atoms with Crippen LogP contribution in [-0.4, -0.2) is 58.9 Å². The van der Waals surface area contributed by atoms with Crippen LogP contribution < -0.4 is 0 Å². The number of carbonyl (C=O) groups is 2. The van der Waals surface area contributed by atoms with Crippen LogP contribution in [0.15, 0.2) is 74.8 Å². The first kappa shape index (κ1) is 33.4. The largest absolute Gasteiger partial charge is 0.450 e. The maximum Gasteiger partial charge on any atom is 0.334 e. The molecule has 4 aliphatic heterocycles. The van der Waals surface area contributed by atoms with Crippen molar-refractivity contribution in [1.29, 1.82) is 0 Å². The standard InChI is InChI=1S/C39H50BrNO5/c1-23-8-6-9-35-39(17-7-19-41(35)37(43)28-10-12-29(40)13-11-28)18-16-31(34-22-26(4)38(44)46-34)27(5)32(39)21-24(2)33(42)15-14-30-20-25(3)36(23)45-30/h8,10-13,21-22,25,30,32-36,42H,6-7,9,14-20H2,1-5H3/b23-8+,24-21+/t25-,30-,32+,33+,34+,35+,36+,39+/m1/s1. The Morgan fingerprint density at radius 2 is 1.78 bits per heavy atom. The number of fused-ring (bicyclic) bond motifs is 2. The number of carbonyl (C=O) groups excluding carboxylic acids is 2. The summed E-state index contributed by atoms with van der Waals surface area (Å²) in [4.78, 5) is 29.0. The molecular weight excluding hydrogens is 642 g/mol. The van der Waals surface area contributed by atoms with E-state index in [4.69, 9.17) is 9.47 Å². The molecule has 0 radical (unpaired) electrons. The summed E-state index contributed by atoms with van der Waals surface area (Å²) in [6, 6.07) is 7.74. The zero-order valence-electron chi connectivity index (χ0n) is 28.1. The number of piperidine rings is 1. The number of hydrogen-bond donors (Lipinski definition) is 1. The van der Waals surface area contributed by atoms with Crippen molar-refractivity contribution in [2.45, 2.75) is 123 Å². The van der Waals surface area contributed by atoms with Crippen LogP contribution in [0, 0.1) is 17.3 Å². The average Bonchev–Trinajstić information content (AvgIpc) is 3.58. The number of likely N-dealkylation sites (tertiary alicyclic amines) is 1. The molecule has 5 aliphatic rings. The Kier molecular flexibility index (Phi) is 9.85. The molecule has 2 fully saturated rings.